The molecular weight excluding hydrogens is 492 g/mol. The molecule has 6 aromatic carbocycles. The molecule has 0 aliphatic rings. The zero-order valence-electron chi connectivity index (χ0n) is 21.1. The lowest BCUT2D eigenvalue weighted by Crippen LogP contribution is -1.90. The first-order valence-electron chi connectivity index (χ1n) is 13.2. The highest BCUT2D eigenvalue weighted by molar-refractivity contribution is 7.25. The Bertz CT molecular complexity index is 1980. The number of para-hydroxylation sites is 1. The number of rotatable bonds is 4. The largest absolute Gasteiger partial charge is 0.356 e. The summed E-state index contributed by atoms with van der Waals surface area (Å²) < 4.78 is 2.68. The van der Waals surface area contributed by atoms with Crippen LogP contribution in [0.2, 0.25) is 0 Å². The van der Waals surface area contributed by atoms with Gasteiger partial charge in [0.1, 0.15) is 0 Å². The Hall–Kier alpha value is -4.86. The fourth-order valence-electron chi connectivity index (χ4n) is 5.59. The number of aromatic amines is 1. The highest BCUT2D eigenvalue weighted by atomic mass is 32.1. The quantitative estimate of drug-likeness (QED) is 0.239. The van der Waals surface area contributed by atoms with Gasteiger partial charge in [-0.15, -0.1) is 11.3 Å². The number of H-pyrrole nitrogens is 1. The van der Waals surface area contributed by atoms with E-state index in [4.69, 9.17) is 0 Å². The molecule has 39 heavy (non-hydrogen) atoms. The molecule has 0 radical (unpaired) electrons. The maximum absolute atomic E-state index is 3.56. The molecule has 2 aromatic heterocycles. The van der Waals surface area contributed by atoms with Gasteiger partial charge in [-0.2, -0.15) is 0 Å². The van der Waals surface area contributed by atoms with Gasteiger partial charge in [-0.3, -0.25) is 0 Å². The molecule has 0 bridgehead atoms. The van der Waals surface area contributed by atoms with Crippen molar-refractivity contribution in [3.63, 3.8) is 0 Å². The lowest BCUT2D eigenvalue weighted by Gasteiger charge is -2.10. The van der Waals surface area contributed by atoms with Crippen molar-refractivity contribution in [1.82, 2.24) is 4.98 Å². The molecule has 0 atom stereocenters. The number of thiophene rings is 1. The number of fused-ring (bicyclic) bond motifs is 6. The average Bonchev–Trinajstić information content (AvgIpc) is 3.55. The van der Waals surface area contributed by atoms with Crippen molar-refractivity contribution >= 4 is 64.7 Å². The number of aromatic nitrogens is 1. The van der Waals surface area contributed by atoms with E-state index in [1.165, 1.54) is 64.2 Å². The van der Waals surface area contributed by atoms with Crippen molar-refractivity contribution < 1.29 is 0 Å². The second-order valence-corrected chi connectivity index (χ2v) is 11.1. The normalized spacial score (nSPS) is 11.6. The first-order chi connectivity index (χ1) is 19.3. The van der Waals surface area contributed by atoms with Gasteiger partial charge in [-0.1, -0.05) is 72.8 Å². The van der Waals surface area contributed by atoms with Crippen LogP contribution in [0.3, 0.4) is 0 Å². The molecule has 0 saturated carbocycles. The van der Waals surface area contributed by atoms with Crippen LogP contribution in [-0.2, 0) is 0 Å². The molecule has 0 aliphatic heterocycles. The van der Waals surface area contributed by atoms with E-state index in [9.17, 15) is 0 Å². The Morgan fingerprint density at radius 2 is 0.949 bits per heavy atom. The molecule has 0 fully saturated rings. The molecule has 0 saturated heterocycles. The Morgan fingerprint density at radius 1 is 0.410 bits per heavy atom. The molecule has 2 heterocycles. The standard InChI is InChI=1S/C36H24N2S/c1-3-7-33-29(5-1)31-21-25(13-19-34(31)38-33)23-9-15-27(16-10-23)37-28-17-11-24(12-18-28)26-14-20-36-32(22-26)30-6-2-4-8-35(30)39-36/h1-22,37-38H. The third-order valence-corrected chi connectivity index (χ3v) is 8.76. The van der Waals surface area contributed by atoms with Crippen LogP contribution in [0.5, 0.6) is 0 Å². The zero-order chi connectivity index (χ0) is 25.8. The van der Waals surface area contributed by atoms with Crippen LogP contribution in [0, 0.1) is 0 Å². The summed E-state index contributed by atoms with van der Waals surface area (Å²) in [5.74, 6) is 0. The molecule has 0 spiro atoms. The van der Waals surface area contributed by atoms with Crippen LogP contribution in [0.4, 0.5) is 11.4 Å². The van der Waals surface area contributed by atoms with Crippen molar-refractivity contribution in [2.75, 3.05) is 5.32 Å². The number of hydrogen-bond donors (Lipinski definition) is 2. The molecule has 8 aromatic rings. The lowest BCUT2D eigenvalue weighted by molar-refractivity contribution is 1.53. The van der Waals surface area contributed by atoms with Gasteiger partial charge in [0.15, 0.2) is 0 Å². The van der Waals surface area contributed by atoms with Gasteiger partial charge < -0.3 is 10.3 Å². The Morgan fingerprint density at radius 3 is 1.69 bits per heavy atom. The summed E-state index contributed by atoms with van der Waals surface area (Å²) in [6.45, 7) is 0. The van der Waals surface area contributed by atoms with E-state index in [1.54, 1.807) is 0 Å². The fourth-order valence-corrected chi connectivity index (χ4v) is 6.68. The first kappa shape index (κ1) is 22.2. The average molecular weight is 517 g/mol. The van der Waals surface area contributed by atoms with Crippen molar-refractivity contribution in [2.45, 2.75) is 0 Å². The predicted octanol–water partition coefficient (Wildman–Crippen LogP) is 10.8. The van der Waals surface area contributed by atoms with Crippen LogP contribution in [-0.4, -0.2) is 4.98 Å². The molecule has 2 nitrogen and oxygen atoms in total. The first-order valence-corrected chi connectivity index (χ1v) is 14.0. The minimum atomic E-state index is 1.07. The SMILES string of the molecule is c1ccc2c(c1)[nH]c1ccc(-c3ccc(Nc4ccc(-c5ccc6sc7ccccc7c6c5)cc4)cc3)cc12. The fraction of sp³-hybridized carbons (Fsp3) is 0. The zero-order valence-corrected chi connectivity index (χ0v) is 21.9. The molecule has 2 N–H and O–H groups in total. The third kappa shape index (κ3) is 3.87. The van der Waals surface area contributed by atoms with E-state index >= 15 is 0 Å². The van der Waals surface area contributed by atoms with E-state index in [0.717, 1.165) is 11.4 Å². The molecule has 0 aliphatic carbocycles. The Labute approximate surface area is 230 Å². The Balaban J connectivity index is 1.03. The predicted molar refractivity (Wildman–Crippen MR) is 169 cm³/mol. The maximum Gasteiger partial charge on any atom is 0.0465 e. The smallest absolute Gasteiger partial charge is 0.0465 e. The van der Waals surface area contributed by atoms with Gasteiger partial charge in [0.05, 0.1) is 0 Å². The van der Waals surface area contributed by atoms with Crippen LogP contribution in [0.1, 0.15) is 0 Å². The number of benzene rings is 6. The molecule has 184 valence electrons. The van der Waals surface area contributed by atoms with Gasteiger partial charge in [-0.25, -0.2) is 0 Å². The summed E-state index contributed by atoms with van der Waals surface area (Å²) in [6.07, 6.45) is 0. The molecule has 3 heteroatoms. The lowest BCUT2D eigenvalue weighted by atomic mass is 10.0. The summed E-state index contributed by atoms with van der Waals surface area (Å²) in [5.41, 5.74) is 9.40. The van der Waals surface area contributed by atoms with Gasteiger partial charge in [0, 0.05) is 53.4 Å². The monoisotopic (exact) mass is 516 g/mol. The van der Waals surface area contributed by atoms with Gasteiger partial charge in [-0.05, 0) is 82.9 Å². The van der Waals surface area contributed by atoms with E-state index < -0.39 is 0 Å². The second kappa shape index (κ2) is 8.87. The van der Waals surface area contributed by atoms with E-state index in [-0.39, 0.29) is 0 Å². The molecule has 0 unspecified atom stereocenters. The summed E-state index contributed by atoms with van der Waals surface area (Å²) in [6, 6.07) is 48.0. The van der Waals surface area contributed by atoms with E-state index in [1.807, 2.05) is 11.3 Å². The second-order valence-electron chi connectivity index (χ2n) is 10.0. The topological polar surface area (TPSA) is 27.8 Å². The van der Waals surface area contributed by atoms with Gasteiger partial charge in [0.2, 0.25) is 0 Å². The number of anilines is 2. The van der Waals surface area contributed by atoms with Crippen LogP contribution in [0.15, 0.2) is 133 Å². The molecular formula is C36H24N2S. The summed E-state index contributed by atoms with van der Waals surface area (Å²) in [4.78, 5) is 3.51. The Kier molecular flexibility index (Phi) is 5.04. The van der Waals surface area contributed by atoms with Crippen molar-refractivity contribution in [1.29, 1.82) is 0 Å². The van der Waals surface area contributed by atoms with Crippen LogP contribution in [0.25, 0.3) is 64.2 Å². The summed E-state index contributed by atoms with van der Waals surface area (Å²) in [5, 5.41) is 8.75. The van der Waals surface area contributed by atoms with Crippen molar-refractivity contribution in [2.24, 2.45) is 0 Å². The van der Waals surface area contributed by atoms with Gasteiger partial charge >= 0.3 is 0 Å². The number of nitrogens with one attached hydrogen (secondary N) is 2. The van der Waals surface area contributed by atoms with Crippen LogP contribution >= 0.6 is 11.3 Å². The summed E-state index contributed by atoms with van der Waals surface area (Å²) in [7, 11) is 0. The minimum Gasteiger partial charge on any atom is -0.356 e. The molecule has 8 rings (SSSR count). The van der Waals surface area contributed by atoms with Crippen molar-refractivity contribution in [3.05, 3.63) is 133 Å². The third-order valence-electron chi connectivity index (χ3n) is 7.61. The highest BCUT2D eigenvalue weighted by Gasteiger charge is 2.08. The van der Waals surface area contributed by atoms with Crippen LogP contribution < -0.4 is 5.32 Å². The minimum absolute atomic E-state index is 1.07. The van der Waals surface area contributed by atoms with E-state index in [2.05, 4.69) is 144 Å². The maximum atomic E-state index is 3.56. The summed E-state index contributed by atoms with van der Waals surface area (Å²) >= 11 is 1.86. The number of hydrogen-bond acceptors (Lipinski definition) is 2. The van der Waals surface area contributed by atoms with Crippen molar-refractivity contribution in [3.8, 4) is 22.3 Å². The van der Waals surface area contributed by atoms with E-state index in [0.29, 0.717) is 0 Å². The highest BCUT2D eigenvalue weighted by Crippen LogP contribution is 2.36. The molecule has 0 amide bonds. The van der Waals surface area contributed by atoms with Gasteiger partial charge in [0.25, 0.3) is 0 Å².